The van der Waals surface area contributed by atoms with Crippen LogP contribution in [0.15, 0.2) is 28.7 Å². The van der Waals surface area contributed by atoms with Crippen molar-refractivity contribution in [2.24, 2.45) is 17.6 Å². The third-order valence-electron chi connectivity index (χ3n) is 4.41. The second-order valence-electron chi connectivity index (χ2n) is 6.18. The second-order valence-corrected chi connectivity index (χ2v) is 7.10. The highest BCUT2D eigenvalue weighted by Gasteiger charge is 2.42. The van der Waals surface area contributed by atoms with Gasteiger partial charge in [-0.15, -0.1) is 0 Å². The molecule has 0 heterocycles. The van der Waals surface area contributed by atoms with E-state index in [0.717, 1.165) is 29.4 Å². The van der Waals surface area contributed by atoms with Crippen LogP contribution in [-0.4, -0.2) is 11.4 Å². The molecule has 1 aliphatic carbocycles. The van der Waals surface area contributed by atoms with Crippen LogP contribution in [0.1, 0.15) is 39.5 Å². The molecular formula is C16H23BrN2O. The lowest BCUT2D eigenvalue weighted by atomic mass is 9.71. The predicted octanol–water partition coefficient (Wildman–Crippen LogP) is 3.93. The van der Waals surface area contributed by atoms with Crippen molar-refractivity contribution in [3.8, 4) is 0 Å². The summed E-state index contributed by atoms with van der Waals surface area (Å²) in [5.74, 6) is 0.900. The number of anilines is 1. The van der Waals surface area contributed by atoms with Crippen LogP contribution in [0.2, 0.25) is 0 Å². The Kier molecular flexibility index (Phi) is 4.74. The zero-order valence-corrected chi connectivity index (χ0v) is 13.7. The minimum atomic E-state index is -0.603. The second kappa shape index (κ2) is 6.17. The first-order valence-corrected chi connectivity index (χ1v) is 8.06. The van der Waals surface area contributed by atoms with Gasteiger partial charge in [-0.1, -0.05) is 42.3 Å². The number of hydrogen-bond acceptors (Lipinski definition) is 2. The maximum absolute atomic E-state index is 12.1. The molecule has 0 spiro atoms. The van der Waals surface area contributed by atoms with Gasteiger partial charge < -0.3 is 11.1 Å². The third-order valence-corrected chi connectivity index (χ3v) is 4.91. The van der Waals surface area contributed by atoms with E-state index < -0.39 is 5.54 Å². The molecule has 1 aliphatic rings. The van der Waals surface area contributed by atoms with E-state index in [1.807, 2.05) is 24.3 Å². The molecule has 0 aliphatic heterocycles. The lowest BCUT2D eigenvalue weighted by Gasteiger charge is -2.41. The number of carbonyl (C=O) groups excluding carboxylic acids is 1. The van der Waals surface area contributed by atoms with Gasteiger partial charge in [-0.3, -0.25) is 4.79 Å². The monoisotopic (exact) mass is 338 g/mol. The summed E-state index contributed by atoms with van der Waals surface area (Å²) in [4.78, 5) is 12.1. The molecule has 1 amide bonds. The number of amides is 1. The van der Waals surface area contributed by atoms with Crippen molar-refractivity contribution < 1.29 is 4.79 Å². The maximum atomic E-state index is 12.1. The fourth-order valence-electron chi connectivity index (χ4n) is 3.13. The topological polar surface area (TPSA) is 55.1 Å². The van der Waals surface area contributed by atoms with Crippen molar-refractivity contribution in [3.63, 3.8) is 0 Å². The van der Waals surface area contributed by atoms with E-state index >= 15 is 0 Å². The van der Waals surface area contributed by atoms with Crippen molar-refractivity contribution in [2.45, 2.75) is 45.1 Å². The lowest BCUT2D eigenvalue weighted by molar-refractivity contribution is -0.124. The summed E-state index contributed by atoms with van der Waals surface area (Å²) in [5, 5.41) is 3.41. The van der Waals surface area contributed by atoms with Crippen LogP contribution in [0.25, 0.3) is 0 Å². The van der Waals surface area contributed by atoms with Gasteiger partial charge in [0.1, 0.15) is 5.54 Å². The molecule has 1 fully saturated rings. The van der Waals surface area contributed by atoms with Gasteiger partial charge in [0.05, 0.1) is 0 Å². The predicted molar refractivity (Wildman–Crippen MR) is 86.5 cm³/mol. The van der Waals surface area contributed by atoms with Crippen molar-refractivity contribution in [1.29, 1.82) is 0 Å². The summed E-state index contributed by atoms with van der Waals surface area (Å²) in [6, 6.07) is 7.90. The number of primary amides is 1. The van der Waals surface area contributed by atoms with E-state index in [1.54, 1.807) is 0 Å². The van der Waals surface area contributed by atoms with Gasteiger partial charge in [0, 0.05) is 10.2 Å². The molecule has 3 N–H and O–H groups in total. The Hall–Kier alpha value is -1.03. The zero-order chi connectivity index (χ0) is 14.8. The highest BCUT2D eigenvalue weighted by molar-refractivity contribution is 9.10. The molecule has 2 rings (SSSR count). The number of nitrogens with two attached hydrogens (primary N) is 1. The van der Waals surface area contributed by atoms with Gasteiger partial charge in [0.15, 0.2) is 0 Å². The van der Waals surface area contributed by atoms with Crippen molar-refractivity contribution in [1.82, 2.24) is 0 Å². The number of rotatable bonds is 4. The highest BCUT2D eigenvalue weighted by atomic mass is 79.9. The van der Waals surface area contributed by atoms with Crippen LogP contribution in [0, 0.1) is 11.8 Å². The van der Waals surface area contributed by atoms with Gasteiger partial charge in [-0.25, -0.2) is 0 Å². The lowest BCUT2D eigenvalue weighted by Crippen LogP contribution is -2.53. The van der Waals surface area contributed by atoms with Crippen LogP contribution in [0.4, 0.5) is 5.69 Å². The smallest absolute Gasteiger partial charge is 0.243 e. The molecule has 2 unspecified atom stereocenters. The molecule has 2 atom stereocenters. The van der Waals surface area contributed by atoms with Gasteiger partial charge >= 0.3 is 0 Å². The average Bonchev–Trinajstić information content (AvgIpc) is 2.38. The third kappa shape index (κ3) is 3.35. The maximum Gasteiger partial charge on any atom is 0.243 e. The fourth-order valence-corrected chi connectivity index (χ4v) is 3.53. The van der Waals surface area contributed by atoms with Crippen LogP contribution in [0.5, 0.6) is 0 Å². The minimum absolute atomic E-state index is 0.233. The van der Waals surface area contributed by atoms with Gasteiger partial charge in [0.25, 0.3) is 0 Å². The Balaban J connectivity index is 2.23. The quantitative estimate of drug-likeness (QED) is 0.873. The normalized spacial score (nSPS) is 26.5. The van der Waals surface area contributed by atoms with E-state index in [0.29, 0.717) is 11.8 Å². The molecule has 110 valence electrons. The molecule has 1 saturated carbocycles. The van der Waals surface area contributed by atoms with E-state index in [4.69, 9.17) is 5.73 Å². The average molecular weight is 339 g/mol. The van der Waals surface area contributed by atoms with Crippen LogP contribution >= 0.6 is 15.9 Å². The standard InChI is InChI=1S/C16H23BrN2O/c1-11(2)12-5-4-8-16(10-12,15(18)20)19-14-7-3-6-13(17)9-14/h3,6-7,9,11-12,19H,4-5,8,10H2,1-2H3,(H2,18,20). The molecule has 0 saturated heterocycles. The Morgan fingerprint density at radius 2 is 2.25 bits per heavy atom. The van der Waals surface area contributed by atoms with E-state index in [9.17, 15) is 4.79 Å². The molecule has 1 aromatic carbocycles. The molecule has 20 heavy (non-hydrogen) atoms. The number of carbonyl (C=O) groups is 1. The largest absolute Gasteiger partial charge is 0.371 e. The first-order chi connectivity index (χ1) is 9.43. The van der Waals surface area contributed by atoms with Crippen molar-refractivity contribution in [3.05, 3.63) is 28.7 Å². The summed E-state index contributed by atoms with van der Waals surface area (Å²) in [7, 11) is 0. The van der Waals surface area contributed by atoms with Crippen LogP contribution in [-0.2, 0) is 4.79 Å². The SMILES string of the molecule is CC(C)C1CCCC(Nc2cccc(Br)c2)(C(N)=O)C1. The number of halogens is 1. The van der Waals surface area contributed by atoms with Crippen LogP contribution < -0.4 is 11.1 Å². The molecule has 3 nitrogen and oxygen atoms in total. The molecule has 0 radical (unpaired) electrons. The Morgan fingerprint density at radius 3 is 2.85 bits per heavy atom. The van der Waals surface area contributed by atoms with Crippen molar-refractivity contribution >= 4 is 27.5 Å². The summed E-state index contributed by atoms with van der Waals surface area (Å²) in [6.07, 6.45) is 3.88. The van der Waals surface area contributed by atoms with E-state index in [1.165, 1.54) is 6.42 Å². The number of benzene rings is 1. The fraction of sp³-hybridized carbons (Fsp3) is 0.562. The highest BCUT2D eigenvalue weighted by Crippen LogP contribution is 2.38. The molecule has 1 aromatic rings. The summed E-state index contributed by atoms with van der Waals surface area (Å²) in [5.41, 5.74) is 6.08. The van der Waals surface area contributed by atoms with Crippen LogP contribution in [0.3, 0.4) is 0 Å². The van der Waals surface area contributed by atoms with Crippen molar-refractivity contribution in [2.75, 3.05) is 5.32 Å². The first-order valence-electron chi connectivity index (χ1n) is 7.26. The molecular weight excluding hydrogens is 316 g/mol. The molecule has 0 bridgehead atoms. The van der Waals surface area contributed by atoms with E-state index in [-0.39, 0.29) is 5.91 Å². The van der Waals surface area contributed by atoms with Gasteiger partial charge in [-0.2, -0.15) is 0 Å². The van der Waals surface area contributed by atoms with E-state index in [2.05, 4.69) is 35.1 Å². The molecule has 0 aromatic heterocycles. The Morgan fingerprint density at radius 1 is 1.50 bits per heavy atom. The Bertz CT molecular complexity index is 489. The summed E-state index contributed by atoms with van der Waals surface area (Å²) < 4.78 is 0.998. The molecule has 4 heteroatoms. The summed E-state index contributed by atoms with van der Waals surface area (Å²) >= 11 is 3.46. The Labute approximate surface area is 129 Å². The summed E-state index contributed by atoms with van der Waals surface area (Å²) in [6.45, 7) is 4.45. The van der Waals surface area contributed by atoms with Gasteiger partial charge in [0.2, 0.25) is 5.91 Å². The zero-order valence-electron chi connectivity index (χ0n) is 12.2. The first kappa shape index (κ1) is 15.4. The number of hydrogen-bond donors (Lipinski definition) is 2. The number of nitrogens with one attached hydrogen (secondary N) is 1. The minimum Gasteiger partial charge on any atom is -0.371 e. The van der Waals surface area contributed by atoms with Gasteiger partial charge in [-0.05, 0) is 49.3 Å².